The van der Waals surface area contributed by atoms with E-state index in [1.54, 1.807) is 0 Å². The SMILES string of the molecule is COC(=O)CCCCCCC(=O)N1CCC2(CC1)CCN(C(=O)OC(C)(C)C)CC2. The van der Waals surface area contributed by atoms with Gasteiger partial charge in [0, 0.05) is 39.0 Å². The van der Waals surface area contributed by atoms with E-state index in [-0.39, 0.29) is 23.4 Å². The van der Waals surface area contributed by atoms with Crippen LogP contribution in [0.5, 0.6) is 0 Å². The predicted octanol–water partition coefficient (Wildman–Crippen LogP) is 4.14. The molecule has 0 atom stereocenters. The van der Waals surface area contributed by atoms with Crippen molar-refractivity contribution in [1.29, 1.82) is 0 Å². The molecule has 0 aromatic heterocycles. The maximum atomic E-state index is 12.5. The number of likely N-dealkylation sites (tertiary alicyclic amines) is 2. The molecule has 0 unspecified atom stereocenters. The lowest BCUT2D eigenvalue weighted by Crippen LogP contribution is -2.50. The number of piperidine rings is 2. The van der Waals surface area contributed by atoms with Gasteiger partial charge in [-0.25, -0.2) is 4.79 Å². The summed E-state index contributed by atoms with van der Waals surface area (Å²) in [4.78, 5) is 39.7. The Morgan fingerprint density at radius 2 is 1.30 bits per heavy atom. The first-order valence-electron chi connectivity index (χ1n) is 11.5. The van der Waals surface area contributed by atoms with Crippen LogP contribution in [0.15, 0.2) is 0 Å². The fourth-order valence-corrected chi connectivity index (χ4v) is 4.38. The first kappa shape index (κ1) is 24.5. The van der Waals surface area contributed by atoms with Gasteiger partial charge in [-0.15, -0.1) is 0 Å². The number of methoxy groups -OCH3 is 1. The fourth-order valence-electron chi connectivity index (χ4n) is 4.38. The Labute approximate surface area is 181 Å². The average Bonchev–Trinajstić information content (AvgIpc) is 2.70. The van der Waals surface area contributed by atoms with Crippen LogP contribution < -0.4 is 0 Å². The highest BCUT2D eigenvalue weighted by molar-refractivity contribution is 5.76. The summed E-state index contributed by atoms with van der Waals surface area (Å²) >= 11 is 0. The second-order valence-electron chi connectivity index (χ2n) is 9.84. The van der Waals surface area contributed by atoms with Crippen LogP contribution in [0, 0.1) is 5.41 Å². The summed E-state index contributed by atoms with van der Waals surface area (Å²) in [5.41, 5.74) is -0.192. The highest BCUT2D eigenvalue weighted by Crippen LogP contribution is 2.41. The Bertz CT molecular complexity index is 581. The summed E-state index contributed by atoms with van der Waals surface area (Å²) in [5, 5.41) is 0. The molecule has 172 valence electrons. The van der Waals surface area contributed by atoms with Crippen molar-refractivity contribution < 1.29 is 23.9 Å². The van der Waals surface area contributed by atoms with Crippen LogP contribution >= 0.6 is 0 Å². The molecule has 0 aromatic carbocycles. The molecular weight excluding hydrogens is 384 g/mol. The number of rotatable bonds is 7. The molecule has 0 saturated carbocycles. The summed E-state index contributed by atoms with van der Waals surface area (Å²) in [5.74, 6) is 0.0919. The van der Waals surface area contributed by atoms with Crippen molar-refractivity contribution in [1.82, 2.24) is 9.80 Å². The Morgan fingerprint density at radius 3 is 1.80 bits per heavy atom. The van der Waals surface area contributed by atoms with Gasteiger partial charge in [-0.1, -0.05) is 12.8 Å². The van der Waals surface area contributed by atoms with Gasteiger partial charge in [0.2, 0.25) is 5.91 Å². The van der Waals surface area contributed by atoms with Crippen LogP contribution in [0.1, 0.15) is 85.0 Å². The molecule has 0 N–H and O–H groups in total. The number of carbonyl (C=O) groups excluding carboxylic acids is 3. The van der Waals surface area contributed by atoms with E-state index in [9.17, 15) is 14.4 Å². The normalized spacial score (nSPS) is 18.9. The molecule has 2 aliphatic heterocycles. The second-order valence-corrected chi connectivity index (χ2v) is 9.84. The van der Waals surface area contributed by atoms with Crippen molar-refractivity contribution in [2.24, 2.45) is 5.41 Å². The standard InChI is InChI=1S/C23H40N2O5/c1-22(2,3)30-21(28)25-17-13-23(14-18-25)11-15-24(16-12-23)19(26)9-7-5-6-8-10-20(27)29-4/h5-18H2,1-4H3. The zero-order valence-electron chi connectivity index (χ0n) is 19.3. The van der Waals surface area contributed by atoms with E-state index < -0.39 is 5.60 Å². The van der Waals surface area contributed by atoms with Crippen LogP contribution in [0.25, 0.3) is 0 Å². The fraction of sp³-hybridized carbons (Fsp3) is 0.870. The van der Waals surface area contributed by atoms with Crippen LogP contribution in [-0.2, 0) is 19.1 Å². The first-order valence-corrected chi connectivity index (χ1v) is 11.5. The van der Waals surface area contributed by atoms with Crippen LogP contribution in [0.2, 0.25) is 0 Å². The lowest BCUT2D eigenvalue weighted by molar-refractivity contribution is -0.140. The monoisotopic (exact) mass is 424 g/mol. The molecule has 2 fully saturated rings. The lowest BCUT2D eigenvalue weighted by atomic mass is 9.71. The molecule has 2 aliphatic rings. The smallest absolute Gasteiger partial charge is 0.410 e. The Kier molecular flexibility index (Phi) is 8.98. The first-order chi connectivity index (χ1) is 14.1. The summed E-state index contributed by atoms with van der Waals surface area (Å²) in [6.07, 6.45) is 8.53. The minimum Gasteiger partial charge on any atom is -0.469 e. The molecule has 30 heavy (non-hydrogen) atoms. The molecule has 7 nitrogen and oxygen atoms in total. The number of hydrogen-bond donors (Lipinski definition) is 0. The number of esters is 1. The predicted molar refractivity (Wildman–Crippen MR) is 115 cm³/mol. The third-order valence-electron chi connectivity index (χ3n) is 6.40. The molecule has 0 radical (unpaired) electrons. The van der Waals surface area contributed by atoms with E-state index in [2.05, 4.69) is 4.74 Å². The average molecular weight is 425 g/mol. The molecule has 0 aliphatic carbocycles. The molecule has 2 amide bonds. The maximum Gasteiger partial charge on any atom is 0.410 e. The third kappa shape index (κ3) is 7.80. The molecule has 0 aromatic rings. The van der Waals surface area contributed by atoms with Gasteiger partial charge in [0.25, 0.3) is 0 Å². The molecule has 2 heterocycles. The number of ether oxygens (including phenoxy) is 2. The highest BCUT2D eigenvalue weighted by Gasteiger charge is 2.40. The molecule has 2 rings (SSSR count). The van der Waals surface area contributed by atoms with Crippen molar-refractivity contribution in [2.75, 3.05) is 33.3 Å². The molecule has 7 heteroatoms. The summed E-state index contributed by atoms with van der Waals surface area (Å²) in [6, 6.07) is 0. The number of hydrogen-bond acceptors (Lipinski definition) is 5. The van der Waals surface area contributed by atoms with Crippen molar-refractivity contribution in [2.45, 2.75) is 90.6 Å². The third-order valence-corrected chi connectivity index (χ3v) is 6.40. The second kappa shape index (κ2) is 11.0. The summed E-state index contributed by atoms with van der Waals surface area (Å²) in [6.45, 7) is 8.83. The topological polar surface area (TPSA) is 76.2 Å². The zero-order chi connectivity index (χ0) is 22.2. The zero-order valence-corrected chi connectivity index (χ0v) is 19.3. The molecular formula is C23H40N2O5. The number of carbonyl (C=O) groups is 3. The van der Waals surface area contributed by atoms with E-state index in [1.165, 1.54) is 7.11 Å². The van der Waals surface area contributed by atoms with Crippen LogP contribution in [0.3, 0.4) is 0 Å². The van der Waals surface area contributed by atoms with Gasteiger partial charge in [-0.05, 0) is 64.7 Å². The van der Waals surface area contributed by atoms with Gasteiger partial charge in [0.15, 0.2) is 0 Å². The molecule has 1 spiro atoms. The maximum absolute atomic E-state index is 12.5. The van der Waals surface area contributed by atoms with Gasteiger partial charge in [0.1, 0.15) is 5.60 Å². The van der Waals surface area contributed by atoms with Gasteiger partial charge in [-0.2, -0.15) is 0 Å². The van der Waals surface area contributed by atoms with E-state index in [4.69, 9.17) is 4.74 Å². The highest BCUT2D eigenvalue weighted by atomic mass is 16.6. The van der Waals surface area contributed by atoms with Gasteiger partial charge < -0.3 is 19.3 Å². The Hall–Kier alpha value is -1.79. The summed E-state index contributed by atoms with van der Waals surface area (Å²) in [7, 11) is 1.41. The largest absolute Gasteiger partial charge is 0.469 e. The van der Waals surface area contributed by atoms with E-state index >= 15 is 0 Å². The van der Waals surface area contributed by atoms with Crippen molar-refractivity contribution in [3.8, 4) is 0 Å². The van der Waals surface area contributed by atoms with Crippen molar-refractivity contribution in [3.63, 3.8) is 0 Å². The van der Waals surface area contributed by atoms with Crippen molar-refractivity contribution >= 4 is 18.0 Å². The number of nitrogens with zero attached hydrogens (tertiary/aromatic N) is 2. The minimum atomic E-state index is -0.459. The van der Waals surface area contributed by atoms with E-state index in [1.807, 2.05) is 30.6 Å². The van der Waals surface area contributed by atoms with Gasteiger partial charge in [0.05, 0.1) is 7.11 Å². The molecule has 2 saturated heterocycles. The number of unbranched alkanes of at least 4 members (excludes halogenated alkanes) is 3. The Balaban J connectivity index is 1.63. The summed E-state index contributed by atoms with van der Waals surface area (Å²) < 4.78 is 10.1. The number of amides is 2. The van der Waals surface area contributed by atoms with Crippen molar-refractivity contribution in [3.05, 3.63) is 0 Å². The van der Waals surface area contributed by atoms with E-state index in [0.29, 0.717) is 12.8 Å². The van der Waals surface area contributed by atoms with Crippen LogP contribution in [0.4, 0.5) is 4.79 Å². The molecule has 0 bridgehead atoms. The minimum absolute atomic E-state index is 0.162. The van der Waals surface area contributed by atoms with Gasteiger partial charge in [-0.3, -0.25) is 9.59 Å². The lowest BCUT2D eigenvalue weighted by Gasteiger charge is -2.46. The quantitative estimate of drug-likeness (QED) is 0.453. The Morgan fingerprint density at radius 1 is 0.800 bits per heavy atom. The van der Waals surface area contributed by atoms with E-state index in [0.717, 1.165) is 77.5 Å². The van der Waals surface area contributed by atoms with Gasteiger partial charge >= 0.3 is 12.1 Å². The van der Waals surface area contributed by atoms with Crippen LogP contribution in [-0.4, -0.2) is 66.7 Å².